The fourth-order valence-corrected chi connectivity index (χ4v) is 0.190. The maximum Gasteiger partial charge on any atom is 0.115 e. The van der Waals surface area contributed by atoms with Gasteiger partial charge in [0.2, 0.25) is 0 Å². The summed E-state index contributed by atoms with van der Waals surface area (Å²) in [6, 6.07) is 0. The highest BCUT2D eigenvalue weighted by atomic mass is 16.5. The van der Waals surface area contributed by atoms with Crippen LogP contribution in [-0.4, -0.2) is 11.7 Å². The fourth-order valence-electron chi connectivity index (χ4n) is 0.190. The summed E-state index contributed by atoms with van der Waals surface area (Å²) in [5.74, 6) is 2.54. The highest BCUT2D eigenvalue weighted by Gasteiger charge is 1.68. The van der Waals surface area contributed by atoms with Crippen molar-refractivity contribution in [2.75, 3.05) is 6.61 Å². The SMILES string of the molecule is C=COC#CCCO. The van der Waals surface area contributed by atoms with Crippen LogP contribution in [0.15, 0.2) is 12.8 Å². The van der Waals surface area contributed by atoms with Gasteiger partial charge in [-0.15, -0.1) is 0 Å². The van der Waals surface area contributed by atoms with Gasteiger partial charge in [-0.2, -0.15) is 0 Å². The van der Waals surface area contributed by atoms with Crippen LogP contribution in [-0.2, 0) is 4.74 Å². The van der Waals surface area contributed by atoms with E-state index in [2.05, 4.69) is 23.3 Å². The van der Waals surface area contributed by atoms with E-state index in [9.17, 15) is 0 Å². The highest BCUT2D eigenvalue weighted by Crippen LogP contribution is 1.71. The van der Waals surface area contributed by atoms with Gasteiger partial charge in [-0.3, -0.25) is 0 Å². The molecule has 1 N–H and O–H groups in total. The Bertz CT molecular complexity index is 107. The molecule has 0 aromatic rings. The van der Waals surface area contributed by atoms with Crippen LogP contribution >= 0.6 is 0 Å². The Balaban J connectivity index is 3.07. The average Bonchev–Trinajstić information content (AvgIpc) is 1.81. The summed E-state index contributed by atoms with van der Waals surface area (Å²) in [4.78, 5) is 0. The summed E-state index contributed by atoms with van der Waals surface area (Å²) in [6.07, 6.45) is 4.00. The van der Waals surface area contributed by atoms with E-state index in [0.29, 0.717) is 6.42 Å². The predicted molar refractivity (Wildman–Crippen MR) is 30.8 cm³/mol. The summed E-state index contributed by atoms with van der Waals surface area (Å²) in [7, 11) is 0. The lowest BCUT2D eigenvalue weighted by Gasteiger charge is -1.78. The number of hydrogen-bond donors (Lipinski definition) is 1. The van der Waals surface area contributed by atoms with Gasteiger partial charge in [0.15, 0.2) is 0 Å². The second-order valence-corrected chi connectivity index (χ2v) is 1.04. The number of rotatable bonds is 2. The second kappa shape index (κ2) is 6.06. The number of ether oxygens (including phenoxy) is 1. The Morgan fingerprint density at radius 1 is 1.75 bits per heavy atom. The van der Waals surface area contributed by atoms with Crippen LogP contribution in [0, 0.1) is 12.0 Å². The van der Waals surface area contributed by atoms with Gasteiger partial charge in [0, 0.05) is 6.42 Å². The molecular weight excluding hydrogens is 104 g/mol. The van der Waals surface area contributed by atoms with Crippen LogP contribution in [0.1, 0.15) is 6.42 Å². The number of aliphatic hydroxyl groups is 1. The first kappa shape index (κ1) is 7.06. The van der Waals surface area contributed by atoms with Crippen LogP contribution in [0.3, 0.4) is 0 Å². The van der Waals surface area contributed by atoms with Gasteiger partial charge in [-0.1, -0.05) is 12.5 Å². The maximum atomic E-state index is 8.18. The summed E-state index contributed by atoms with van der Waals surface area (Å²) < 4.78 is 4.43. The third-order valence-electron chi connectivity index (χ3n) is 0.451. The molecule has 0 atom stereocenters. The van der Waals surface area contributed by atoms with Gasteiger partial charge < -0.3 is 9.84 Å². The van der Waals surface area contributed by atoms with Crippen molar-refractivity contribution in [2.45, 2.75) is 6.42 Å². The van der Waals surface area contributed by atoms with E-state index in [0.717, 1.165) is 0 Å². The zero-order valence-corrected chi connectivity index (χ0v) is 4.55. The molecule has 0 aliphatic rings. The molecule has 8 heavy (non-hydrogen) atoms. The standard InChI is InChI=1S/C6H8O2/c1-2-8-6-4-3-5-7/h2,7H,1,3,5H2. The molecule has 0 bridgehead atoms. The van der Waals surface area contributed by atoms with E-state index in [4.69, 9.17) is 5.11 Å². The van der Waals surface area contributed by atoms with Crippen molar-refractivity contribution in [2.24, 2.45) is 0 Å². The molecule has 44 valence electrons. The molecule has 0 saturated heterocycles. The monoisotopic (exact) mass is 112 g/mol. The van der Waals surface area contributed by atoms with Crippen molar-refractivity contribution in [1.29, 1.82) is 0 Å². The van der Waals surface area contributed by atoms with Gasteiger partial charge in [0.1, 0.15) is 6.11 Å². The minimum Gasteiger partial charge on any atom is -0.416 e. The Morgan fingerprint density at radius 3 is 3.00 bits per heavy atom. The largest absolute Gasteiger partial charge is 0.416 e. The van der Waals surface area contributed by atoms with Crippen LogP contribution < -0.4 is 0 Å². The normalized spacial score (nSPS) is 6.62. The maximum absolute atomic E-state index is 8.18. The predicted octanol–water partition coefficient (Wildman–Crippen LogP) is 0.490. The topological polar surface area (TPSA) is 29.5 Å². The Labute approximate surface area is 48.8 Å². The molecule has 2 heteroatoms. The zero-order chi connectivity index (χ0) is 6.24. The molecule has 0 saturated carbocycles. The van der Waals surface area contributed by atoms with E-state index >= 15 is 0 Å². The molecule has 0 rings (SSSR count). The molecule has 0 amide bonds. The van der Waals surface area contributed by atoms with Crippen molar-refractivity contribution in [3.8, 4) is 12.0 Å². The van der Waals surface area contributed by atoms with Crippen LogP contribution in [0.5, 0.6) is 0 Å². The lowest BCUT2D eigenvalue weighted by molar-refractivity contribution is 0.304. The van der Waals surface area contributed by atoms with E-state index in [1.807, 2.05) is 0 Å². The molecule has 0 radical (unpaired) electrons. The van der Waals surface area contributed by atoms with Gasteiger partial charge in [0.05, 0.1) is 12.9 Å². The minimum absolute atomic E-state index is 0.0769. The lowest BCUT2D eigenvalue weighted by Crippen LogP contribution is -1.75. The number of hydrogen-bond acceptors (Lipinski definition) is 2. The molecule has 0 aliphatic carbocycles. The van der Waals surface area contributed by atoms with Gasteiger partial charge >= 0.3 is 0 Å². The Hall–Kier alpha value is -0.940. The molecular formula is C6H8O2. The molecule has 0 spiro atoms. The molecule has 0 fully saturated rings. The summed E-state index contributed by atoms with van der Waals surface area (Å²) >= 11 is 0. The Morgan fingerprint density at radius 2 is 2.50 bits per heavy atom. The molecule has 0 aliphatic heterocycles. The van der Waals surface area contributed by atoms with Crippen molar-refractivity contribution in [1.82, 2.24) is 0 Å². The number of aliphatic hydroxyl groups excluding tert-OH is 1. The van der Waals surface area contributed by atoms with Crippen molar-refractivity contribution in [3.05, 3.63) is 12.8 Å². The second-order valence-electron chi connectivity index (χ2n) is 1.04. The molecule has 2 nitrogen and oxygen atoms in total. The van der Waals surface area contributed by atoms with Crippen molar-refractivity contribution >= 4 is 0 Å². The van der Waals surface area contributed by atoms with E-state index in [1.54, 1.807) is 0 Å². The molecule has 0 aromatic heterocycles. The first-order valence-corrected chi connectivity index (χ1v) is 2.27. The van der Waals surface area contributed by atoms with Crippen LogP contribution in [0.2, 0.25) is 0 Å². The highest BCUT2D eigenvalue weighted by molar-refractivity contribution is 4.91. The summed E-state index contributed by atoms with van der Waals surface area (Å²) in [6.45, 7) is 3.35. The third-order valence-corrected chi connectivity index (χ3v) is 0.451. The minimum atomic E-state index is 0.0769. The third kappa shape index (κ3) is 5.06. The molecule has 0 heterocycles. The zero-order valence-electron chi connectivity index (χ0n) is 4.55. The summed E-state index contributed by atoms with van der Waals surface area (Å²) in [5.41, 5.74) is 0. The van der Waals surface area contributed by atoms with E-state index in [-0.39, 0.29) is 6.61 Å². The van der Waals surface area contributed by atoms with Gasteiger partial charge in [-0.25, -0.2) is 0 Å². The Kier molecular flexibility index (Phi) is 5.35. The van der Waals surface area contributed by atoms with E-state index < -0.39 is 0 Å². The van der Waals surface area contributed by atoms with Gasteiger partial charge in [0.25, 0.3) is 0 Å². The smallest absolute Gasteiger partial charge is 0.115 e. The van der Waals surface area contributed by atoms with Gasteiger partial charge in [-0.05, 0) is 0 Å². The molecule has 0 aromatic carbocycles. The van der Waals surface area contributed by atoms with Crippen molar-refractivity contribution in [3.63, 3.8) is 0 Å². The summed E-state index contributed by atoms with van der Waals surface area (Å²) in [5, 5.41) is 8.18. The van der Waals surface area contributed by atoms with Crippen LogP contribution in [0.4, 0.5) is 0 Å². The van der Waals surface area contributed by atoms with E-state index in [1.165, 1.54) is 6.26 Å². The lowest BCUT2D eigenvalue weighted by atomic mass is 10.5. The molecule has 0 unspecified atom stereocenters. The van der Waals surface area contributed by atoms with Crippen LogP contribution in [0.25, 0.3) is 0 Å². The first-order valence-electron chi connectivity index (χ1n) is 2.27. The fraction of sp³-hybridized carbons (Fsp3) is 0.333. The average molecular weight is 112 g/mol. The van der Waals surface area contributed by atoms with Crippen molar-refractivity contribution < 1.29 is 9.84 Å². The quantitative estimate of drug-likeness (QED) is 0.416. The first-order chi connectivity index (χ1) is 3.91.